The van der Waals surface area contributed by atoms with Gasteiger partial charge in [-0.2, -0.15) is 18.3 Å². The molecule has 14 heteroatoms. The summed E-state index contributed by atoms with van der Waals surface area (Å²) < 4.78 is 82.6. The van der Waals surface area contributed by atoms with Gasteiger partial charge in [-0.15, -0.1) is 0 Å². The quantitative estimate of drug-likeness (QED) is 0.267. The SMILES string of the molecule is Cc1c(N)c(C(F)(F)F)nn1CC(=O)N[C@@H](Cc1cc(F)cc(F)c1)c1ncccc1-c1ccc(F)c(C(N)=O)c1. The molecule has 2 heterocycles. The van der Waals surface area contributed by atoms with E-state index in [0.717, 1.165) is 22.9 Å². The second kappa shape index (κ2) is 11.3. The van der Waals surface area contributed by atoms with Crippen molar-refractivity contribution in [3.05, 3.63) is 100 Å². The van der Waals surface area contributed by atoms with Crippen LogP contribution in [0.5, 0.6) is 0 Å². The number of aromatic nitrogens is 3. The second-order valence-corrected chi connectivity index (χ2v) is 9.10. The minimum absolute atomic E-state index is 0.0972. The fourth-order valence-corrected chi connectivity index (χ4v) is 4.30. The molecule has 8 nitrogen and oxygen atoms in total. The van der Waals surface area contributed by atoms with Gasteiger partial charge in [-0.25, -0.2) is 13.2 Å². The number of primary amides is 1. The van der Waals surface area contributed by atoms with Crippen LogP contribution in [-0.2, 0) is 23.9 Å². The molecule has 2 aromatic heterocycles. The Balaban J connectivity index is 1.74. The number of benzene rings is 2. The van der Waals surface area contributed by atoms with Crippen molar-refractivity contribution >= 4 is 17.5 Å². The zero-order chi connectivity index (χ0) is 30.1. The lowest BCUT2D eigenvalue weighted by atomic mass is 9.94. The highest BCUT2D eigenvalue weighted by atomic mass is 19.4. The van der Waals surface area contributed by atoms with Crippen LogP contribution in [0.3, 0.4) is 0 Å². The number of anilines is 1. The molecule has 41 heavy (non-hydrogen) atoms. The van der Waals surface area contributed by atoms with Crippen molar-refractivity contribution in [2.45, 2.75) is 32.1 Å². The molecule has 214 valence electrons. The lowest BCUT2D eigenvalue weighted by Crippen LogP contribution is -2.34. The Hall–Kier alpha value is -4.88. The van der Waals surface area contributed by atoms with Crippen LogP contribution in [-0.4, -0.2) is 26.6 Å². The average Bonchev–Trinajstić information content (AvgIpc) is 3.16. The minimum atomic E-state index is -4.84. The summed E-state index contributed by atoms with van der Waals surface area (Å²) in [5.74, 6) is -4.46. The molecule has 0 saturated heterocycles. The fourth-order valence-electron chi connectivity index (χ4n) is 4.30. The Morgan fingerprint density at radius 1 is 1.05 bits per heavy atom. The number of hydrogen-bond donors (Lipinski definition) is 3. The van der Waals surface area contributed by atoms with E-state index in [1.54, 1.807) is 6.07 Å². The molecule has 0 fully saturated rings. The van der Waals surface area contributed by atoms with Gasteiger partial charge in [-0.05, 0) is 54.8 Å². The smallest absolute Gasteiger partial charge is 0.395 e. The molecule has 2 amide bonds. The molecule has 4 rings (SSSR count). The van der Waals surface area contributed by atoms with Crippen LogP contribution in [0.25, 0.3) is 11.1 Å². The maximum atomic E-state index is 14.1. The minimum Gasteiger partial charge on any atom is -0.395 e. The average molecular weight is 577 g/mol. The molecule has 0 bridgehead atoms. The van der Waals surface area contributed by atoms with E-state index < -0.39 is 65.0 Å². The molecule has 0 aliphatic heterocycles. The summed E-state index contributed by atoms with van der Waals surface area (Å²) in [5.41, 5.74) is 9.21. The van der Waals surface area contributed by atoms with Crippen molar-refractivity contribution in [1.29, 1.82) is 0 Å². The molecule has 5 N–H and O–H groups in total. The number of rotatable bonds is 8. The summed E-state index contributed by atoms with van der Waals surface area (Å²) in [6.07, 6.45) is -3.68. The Kier molecular flexibility index (Phi) is 8.03. The van der Waals surface area contributed by atoms with E-state index in [-0.39, 0.29) is 23.4 Å². The van der Waals surface area contributed by atoms with E-state index >= 15 is 0 Å². The van der Waals surface area contributed by atoms with Crippen LogP contribution in [0, 0.1) is 24.4 Å². The van der Waals surface area contributed by atoms with Crippen LogP contribution < -0.4 is 16.8 Å². The first-order valence-electron chi connectivity index (χ1n) is 11.9. The van der Waals surface area contributed by atoms with Crippen LogP contribution in [0.2, 0.25) is 0 Å². The third kappa shape index (κ3) is 6.48. The number of carbonyl (C=O) groups is 2. The standard InChI is InChI=1S/C27H22F6N6O2/c1-13-23(34)25(27(31,32)33)38-39(13)12-22(40)37-21(9-14-7-16(28)11-17(29)8-14)24-18(3-2-6-36-24)15-4-5-20(30)19(10-15)26(35)41/h2-8,10-11,21H,9,12,34H2,1H3,(H2,35,41)(H,37,40)/t21-/m0/s1. The number of nitrogens with two attached hydrogens (primary N) is 2. The monoisotopic (exact) mass is 576 g/mol. The molecule has 4 aromatic rings. The number of nitrogen functional groups attached to an aromatic ring is 1. The topological polar surface area (TPSA) is 129 Å². The van der Waals surface area contributed by atoms with Crippen LogP contribution >= 0.6 is 0 Å². The maximum absolute atomic E-state index is 14.1. The van der Waals surface area contributed by atoms with Crippen molar-refractivity contribution < 1.29 is 35.9 Å². The maximum Gasteiger partial charge on any atom is 0.437 e. The van der Waals surface area contributed by atoms with Crippen molar-refractivity contribution in [1.82, 2.24) is 20.1 Å². The number of alkyl halides is 3. The van der Waals surface area contributed by atoms with Gasteiger partial charge in [-0.1, -0.05) is 12.1 Å². The van der Waals surface area contributed by atoms with Crippen LogP contribution in [0.15, 0.2) is 54.7 Å². The Labute approximate surface area is 229 Å². The molecule has 0 unspecified atom stereocenters. The van der Waals surface area contributed by atoms with Gasteiger partial charge in [0.05, 0.1) is 28.7 Å². The number of nitrogens with zero attached hydrogens (tertiary/aromatic N) is 3. The number of carbonyl (C=O) groups excluding carboxylic acids is 2. The van der Waals surface area contributed by atoms with E-state index in [0.29, 0.717) is 17.2 Å². The highest BCUT2D eigenvalue weighted by Crippen LogP contribution is 2.34. The largest absolute Gasteiger partial charge is 0.437 e. The molecular formula is C27H22F6N6O2. The number of pyridine rings is 1. The highest BCUT2D eigenvalue weighted by Gasteiger charge is 2.38. The number of nitrogens with one attached hydrogen (secondary N) is 1. The van der Waals surface area contributed by atoms with Gasteiger partial charge in [0.25, 0.3) is 5.91 Å². The van der Waals surface area contributed by atoms with Crippen LogP contribution in [0.1, 0.15) is 39.0 Å². The second-order valence-electron chi connectivity index (χ2n) is 9.10. The third-order valence-electron chi connectivity index (χ3n) is 6.22. The van der Waals surface area contributed by atoms with Crippen molar-refractivity contribution in [2.24, 2.45) is 5.73 Å². The van der Waals surface area contributed by atoms with Gasteiger partial charge in [0.2, 0.25) is 5.91 Å². The first-order valence-corrected chi connectivity index (χ1v) is 11.9. The summed E-state index contributed by atoms with van der Waals surface area (Å²) in [6, 6.07) is 8.29. The molecule has 1 atom stereocenters. The van der Waals surface area contributed by atoms with Gasteiger partial charge in [0.15, 0.2) is 5.69 Å². The Morgan fingerprint density at radius 3 is 2.34 bits per heavy atom. The Morgan fingerprint density at radius 2 is 1.73 bits per heavy atom. The summed E-state index contributed by atoms with van der Waals surface area (Å²) >= 11 is 0. The zero-order valence-corrected chi connectivity index (χ0v) is 21.3. The molecule has 2 aromatic carbocycles. The first-order chi connectivity index (χ1) is 19.2. The van der Waals surface area contributed by atoms with Gasteiger partial charge in [0, 0.05) is 17.8 Å². The van der Waals surface area contributed by atoms with E-state index in [9.17, 15) is 35.9 Å². The fraction of sp³-hybridized carbons (Fsp3) is 0.185. The van der Waals surface area contributed by atoms with Crippen molar-refractivity contribution in [2.75, 3.05) is 5.73 Å². The van der Waals surface area contributed by atoms with Gasteiger partial charge >= 0.3 is 6.18 Å². The third-order valence-corrected chi connectivity index (χ3v) is 6.22. The molecule has 0 aliphatic carbocycles. The Bertz CT molecular complexity index is 1620. The summed E-state index contributed by atoms with van der Waals surface area (Å²) in [7, 11) is 0. The molecular weight excluding hydrogens is 554 g/mol. The van der Waals surface area contributed by atoms with Gasteiger partial charge < -0.3 is 16.8 Å². The van der Waals surface area contributed by atoms with Gasteiger partial charge in [0.1, 0.15) is 24.0 Å². The lowest BCUT2D eigenvalue weighted by Gasteiger charge is -2.22. The summed E-state index contributed by atoms with van der Waals surface area (Å²) in [6.45, 7) is 0.588. The number of halogens is 6. The molecule has 0 spiro atoms. The van der Waals surface area contributed by atoms with E-state index in [4.69, 9.17) is 11.5 Å². The highest BCUT2D eigenvalue weighted by molar-refractivity contribution is 5.94. The van der Waals surface area contributed by atoms with Gasteiger partial charge in [-0.3, -0.25) is 19.3 Å². The first kappa shape index (κ1) is 29.1. The zero-order valence-electron chi connectivity index (χ0n) is 21.3. The van der Waals surface area contributed by atoms with Crippen molar-refractivity contribution in [3.63, 3.8) is 0 Å². The summed E-state index contributed by atoms with van der Waals surface area (Å²) in [4.78, 5) is 29.1. The van der Waals surface area contributed by atoms with Crippen LogP contribution in [0.4, 0.5) is 32.0 Å². The van der Waals surface area contributed by atoms with E-state index in [1.165, 1.54) is 31.3 Å². The summed E-state index contributed by atoms with van der Waals surface area (Å²) in [5, 5.41) is 6.05. The van der Waals surface area contributed by atoms with Crippen molar-refractivity contribution in [3.8, 4) is 11.1 Å². The molecule has 0 aliphatic rings. The predicted octanol–water partition coefficient (Wildman–Crippen LogP) is 4.47. The molecule has 0 radical (unpaired) electrons. The predicted molar refractivity (Wildman–Crippen MR) is 135 cm³/mol. The van der Waals surface area contributed by atoms with E-state index in [2.05, 4.69) is 15.4 Å². The molecule has 0 saturated carbocycles. The lowest BCUT2D eigenvalue weighted by molar-refractivity contribution is -0.141. The number of amides is 2. The number of hydrogen-bond acceptors (Lipinski definition) is 5. The normalized spacial score (nSPS) is 12.3. The van der Waals surface area contributed by atoms with E-state index in [1.807, 2.05) is 0 Å².